The summed E-state index contributed by atoms with van der Waals surface area (Å²) in [6.07, 6.45) is 11.9. The van der Waals surface area contributed by atoms with Crippen LogP contribution in [0.3, 0.4) is 0 Å². The molecule has 0 aromatic carbocycles. The highest BCUT2D eigenvalue weighted by Crippen LogP contribution is 2.39. The van der Waals surface area contributed by atoms with Gasteiger partial charge in [-0.2, -0.15) is 0 Å². The minimum Gasteiger partial charge on any atom is -0.390 e. The molecule has 100 valence electrons. The Balaban J connectivity index is 1.91. The van der Waals surface area contributed by atoms with E-state index in [0.29, 0.717) is 0 Å². The van der Waals surface area contributed by atoms with Crippen molar-refractivity contribution in [3.63, 3.8) is 0 Å². The zero-order chi connectivity index (χ0) is 12.1. The second-order valence-corrected chi connectivity index (χ2v) is 5.95. The molecule has 0 saturated heterocycles. The molecule has 2 nitrogen and oxygen atoms in total. The summed E-state index contributed by atoms with van der Waals surface area (Å²) in [6, 6.07) is 0. The number of rotatable bonds is 6. The van der Waals surface area contributed by atoms with Crippen molar-refractivity contribution in [2.24, 2.45) is 5.92 Å². The molecule has 0 heterocycles. The molecule has 1 N–H and O–H groups in total. The summed E-state index contributed by atoms with van der Waals surface area (Å²) >= 11 is 0. The van der Waals surface area contributed by atoms with Crippen molar-refractivity contribution in [1.29, 1.82) is 0 Å². The lowest BCUT2D eigenvalue weighted by Crippen LogP contribution is -2.44. The average molecular weight is 240 g/mol. The zero-order valence-electron chi connectivity index (χ0n) is 11.3. The Morgan fingerprint density at radius 2 is 1.82 bits per heavy atom. The second kappa shape index (κ2) is 6.19. The zero-order valence-corrected chi connectivity index (χ0v) is 11.3. The van der Waals surface area contributed by atoms with Crippen molar-refractivity contribution >= 4 is 0 Å². The predicted molar refractivity (Wildman–Crippen MR) is 70.0 cm³/mol. The number of hydrogen-bond acceptors (Lipinski definition) is 2. The Kier molecular flexibility index (Phi) is 4.87. The minimum atomic E-state index is -0.235. The van der Waals surface area contributed by atoms with Gasteiger partial charge in [-0.15, -0.1) is 0 Å². The van der Waals surface area contributed by atoms with E-state index in [1.165, 1.54) is 44.9 Å². The summed E-state index contributed by atoms with van der Waals surface area (Å²) in [5.41, 5.74) is -0.208. The highest BCUT2D eigenvalue weighted by molar-refractivity contribution is 4.91. The molecule has 2 fully saturated rings. The van der Waals surface area contributed by atoms with Gasteiger partial charge < -0.3 is 9.84 Å². The van der Waals surface area contributed by atoms with Crippen LogP contribution in [0.2, 0.25) is 0 Å². The van der Waals surface area contributed by atoms with Crippen LogP contribution in [0.5, 0.6) is 0 Å². The molecule has 17 heavy (non-hydrogen) atoms. The Morgan fingerprint density at radius 3 is 2.35 bits per heavy atom. The van der Waals surface area contributed by atoms with Gasteiger partial charge >= 0.3 is 0 Å². The Labute approximate surface area is 106 Å². The first-order valence-electron chi connectivity index (χ1n) is 7.59. The summed E-state index contributed by atoms with van der Waals surface area (Å²) in [7, 11) is 0. The van der Waals surface area contributed by atoms with Crippen LogP contribution >= 0.6 is 0 Å². The SMILES string of the molecule is CCOC1(C(O)CCC2CC2)CCCCCC1. The van der Waals surface area contributed by atoms with Gasteiger partial charge in [-0.3, -0.25) is 0 Å². The first-order chi connectivity index (χ1) is 8.27. The number of aliphatic hydroxyl groups is 1. The lowest BCUT2D eigenvalue weighted by Gasteiger charge is -2.37. The van der Waals surface area contributed by atoms with E-state index in [9.17, 15) is 5.11 Å². The summed E-state index contributed by atoms with van der Waals surface area (Å²) in [6.45, 7) is 2.79. The van der Waals surface area contributed by atoms with Gasteiger partial charge in [-0.25, -0.2) is 0 Å². The van der Waals surface area contributed by atoms with Crippen LogP contribution in [0.4, 0.5) is 0 Å². The molecule has 0 spiro atoms. The molecule has 2 rings (SSSR count). The van der Waals surface area contributed by atoms with E-state index in [4.69, 9.17) is 4.74 Å². The van der Waals surface area contributed by atoms with Gasteiger partial charge in [0.2, 0.25) is 0 Å². The maximum Gasteiger partial charge on any atom is 0.0939 e. The molecule has 2 saturated carbocycles. The fourth-order valence-corrected chi connectivity index (χ4v) is 3.25. The molecule has 0 radical (unpaired) electrons. The largest absolute Gasteiger partial charge is 0.390 e. The first-order valence-corrected chi connectivity index (χ1v) is 7.59. The maximum atomic E-state index is 10.5. The molecular weight excluding hydrogens is 212 g/mol. The Hall–Kier alpha value is -0.0800. The van der Waals surface area contributed by atoms with Crippen LogP contribution in [0, 0.1) is 5.92 Å². The van der Waals surface area contributed by atoms with Crippen LogP contribution in [-0.4, -0.2) is 23.4 Å². The molecule has 2 aliphatic carbocycles. The third kappa shape index (κ3) is 3.69. The monoisotopic (exact) mass is 240 g/mol. The third-order valence-corrected chi connectivity index (χ3v) is 4.53. The van der Waals surface area contributed by atoms with Crippen LogP contribution in [-0.2, 0) is 4.74 Å². The molecule has 2 heteroatoms. The lowest BCUT2D eigenvalue weighted by molar-refractivity contribution is -0.131. The summed E-state index contributed by atoms with van der Waals surface area (Å²) in [5.74, 6) is 0.911. The first kappa shape index (κ1) is 13.4. The topological polar surface area (TPSA) is 29.5 Å². The number of ether oxygens (including phenoxy) is 1. The predicted octanol–water partition coefficient (Wildman–Crippen LogP) is 3.67. The molecule has 0 amide bonds. The molecular formula is C15H28O2. The van der Waals surface area contributed by atoms with E-state index in [0.717, 1.165) is 31.8 Å². The molecule has 0 aromatic rings. The van der Waals surface area contributed by atoms with Crippen LogP contribution in [0.15, 0.2) is 0 Å². The third-order valence-electron chi connectivity index (χ3n) is 4.53. The van der Waals surface area contributed by atoms with E-state index >= 15 is 0 Å². The molecule has 2 aliphatic rings. The molecule has 1 unspecified atom stereocenters. The smallest absolute Gasteiger partial charge is 0.0939 e. The van der Waals surface area contributed by atoms with Crippen molar-refractivity contribution in [1.82, 2.24) is 0 Å². The fraction of sp³-hybridized carbons (Fsp3) is 1.00. The summed E-state index contributed by atoms with van der Waals surface area (Å²) in [4.78, 5) is 0. The highest BCUT2D eigenvalue weighted by atomic mass is 16.5. The van der Waals surface area contributed by atoms with Crippen molar-refractivity contribution in [2.75, 3.05) is 6.61 Å². The highest BCUT2D eigenvalue weighted by Gasteiger charge is 2.39. The Bertz CT molecular complexity index is 215. The summed E-state index contributed by atoms with van der Waals surface area (Å²) in [5, 5.41) is 10.5. The second-order valence-electron chi connectivity index (χ2n) is 5.95. The lowest BCUT2D eigenvalue weighted by atomic mass is 9.85. The average Bonchev–Trinajstić information content (AvgIpc) is 3.14. The van der Waals surface area contributed by atoms with Gasteiger partial charge in [0, 0.05) is 6.61 Å². The van der Waals surface area contributed by atoms with E-state index in [1.807, 2.05) is 0 Å². The van der Waals surface area contributed by atoms with Gasteiger partial charge in [-0.05, 0) is 38.5 Å². The van der Waals surface area contributed by atoms with Crippen LogP contribution in [0.1, 0.15) is 71.1 Å². The van der Waals surface area contributed by atoms with Crippen molar-refractivity contribution in [3.8, 4) is 0 Å². The van der Waals surface area contributed by atoms with Crippen LogP contribution < -0.4 is 0 Å². The van der Waals surface area contributed by atoms with E-state index in [1.54, 1.807) is 0 Å². The van der Waals surface area contributed by atoms with Gasteiger partial charge in [0.25, 0.3) is 0 Å². The van der Waals surface area contributed by atoms with Gasteiger partial charge in [0.1, 0.15) is 0 Å². The quantitative estimate of drug-likeness (QED) is 0.718. The number of hydrogen-bond donors (Lipinski definition) is 1. The van der Waals surface area contributed by atoms with Gasteiger partial charge in [0.05, 0.1) is 11.7 Å². The van der Waals surface area contributed by atoms with E-state index < -0.39 is 0 Å². The number of aliphatic hydroxyl groups excluding tert-OH is 1. The van der Waals surface area contributed by atoms with Crippen molar-refractivity contribution < 1.29 is 9.84 Å². The molecule has 0 aliphatic heterocycles. The Morgan fingerprint density at radius 1 is 1.18 bits per heavy atom. The molecule has 0 aromatic heterocycles. The van der Waals surface area contributed by atoms with E-state index in [-0.39, 0.29) is 11.7 Å². The van der Waals surface area contributed by atoms with E-state index in [2.05, 4.69) is 6.92 Å². The van der Waals surface area contributed by atoms with Crippen LogP contribution in [0.25, 0.3) is 0 Å². The standard InChI is InChI=1S/C15H28O2/c1-2-17-15(11-5-3-4-6-12-15)14(16)10-9-13-7-8-13/h13-14,16H,2-12H2,1H3. The normalized spacial score (nSPS) is 26.5. The van der Waals surface area contributed by atoms with Crippen molar-refractivity contribution in [2.45, 2.75) is 82.8 Å². The van der Waals surface area contributed by atoms with Gasteiger partial charge in [0.15, 0.2) is 0 Å². The summed E-state index contributed by atoms with van der Waals surface area (Å²) < 4.78 is 6.01. The molecule has 1 atom stereocenters. The fourth-order valence-electron chi connectivity index (χ4n) is 3.25. The van der Waals surface area contributed by atoms with Gasteiger partial charge in [-0.1, -0.05) is 38.5 Å². The maximum absolute atomic E-state index is 10.5. The van der Waals surface area contributed by atoms with Crippen molar-refractivity contribution in [3.05, 3.63) is 0 Å². The minimum absolute atomic E-state index is 0.208. The molecule has 0 bridgehead atoms.